The van der Waals surface area contributed by atoms with Crippen molar-refractivity contribution in [1.82, 2.24) is 10.6 Å². The predicted octanol–water partition coefficient (Wildman–Crippen LogP) is 2.98. The zero-order valence-electron chi connectivity index (χ0n) is 17.2. The second kappa shape index (κ2) is 8.19. The quantitative estimate of drug-likeness (QED) is 0.556. The molecule has 1 aromatic rings. The van der Waals surface area contributed by atoms with Gasteiger partial charge in [-0.1, -0.05) is 12.5 Å². The fourth-order valence-electron chi connectivity index (χ4n) is 5.09. The first-order valence-corrected chi connectivity index (χ1v) is 10.6. The lowest BCUT2D eigenvalue weighted by molar-refractivity contribution is -0.171. The van der Waals surface area contributed by atoms with Crippen molar-refractivity contribution in [2.45, 2.75) is 57.8 Å². The second-order valence-electron chi connectivity index (χ2n) is 8.28. The number of hydrogen-bond acceptors (Lipinski definition) is 4. The van der Waals surface area contributed by atoms with Gasteiger partial charge in [-0.15, -0.1) is 0 Å². The van der Waals surface area contributed by atoms with Gasteiger partial charge in [0.05, 0.1) is 19.8 Å². The highest BCUT2D eigenvalue weighted by Gasteiger charge is 2.66. The minimum Gasteiger partial charge on any atom is -0.497 e. The Morgan fingerprint density at radius 1 is 1.36 bits per heavy atom. The SMILES string of the molecule is CCNC(=NCC(C)Oc1cccc(OC)c1)NC1C2CCOC2C12CCC2. The summed E-state index contributed by atoms with van der Waals surface area (Å²) in [7, 11) is 1.66. The van der Waals surface area contributed by atoms with Crippen LogP contribution in [0, 0.1) is 11.3 Å². The number of nitrogens with one attached hydrogen (secondary N) is 2. The third-order valence-corrected chi connectivity index (χ3v) is 6.56. The molecule has 1 aliphatic heterocycles. The molecule has 2 N–H and O–H groups in total. The Labute approximate surface area is 168 Å². The second-order valence-corrected chi connectivity index (χ2v) is 8.28. The predicted molar refractivity (Wildman–Crippen MR) is 110 cm³/mol. The Kier molecular flexibility index (Phi) is 5.67. The van der Waals surface area contributed by atoms with Gasteiger partial charge in [0.25, 0.3) is 0 Å². The topological polar surface area (TPSA) is 64.1 Å². The van der Waals surface area contributed by atoms with E-state index in [4.69, 9.17) is 19.2 Å². The summed E-state index contributed by atoms with van der Waals surface area (Å²) in [6, 6.07) is 8.18. The molecule has 1 spiro atoms. The molecule has 0 aromatic heterocycles. The standard InChI is InChI=1S/C22H33N3O3/c1-4-23-21(24-14-15(2)28-17-8-5-7-16(13-17)26-3)25-19-18-9-12-27-20(18)22(19)10-6-11-22/h5,7-8,13,15,18-20H,4,6,9-12,14H2,1-3H3,(H2,23,24,25). The molecule has 3 fully saturated rings. The normalized spacial score (nSPS) is 28.7. The number of methoxy groups -OCH3 is 1. The molecule has 0 radical (unpaired) electrons. The number of fused-ring (bicyclic) bond motifs is 2. The van der Waals surface area contributed by atoms with Gasteiger partial charge < -0.3 is 24.8 Å². The zero-order chi connectivity index (χ0) is 19.6. The molecule has 1 heterocycles. The fourth-order valence-corrected chi connectivity index (χ4v) is 5.09. The third kappa shape index (κ3) is 3.54. The molecule has 28 heavy (non-hydrogen) atoms. The van der Waals surface area contributed by atoms with E-state index in [0.29, 0.717) is 30.0 Å². The van der Waals surface area contributed by atoms with Crippen molar-refractivity contribution >= 4 is 5.96 Å². The Balaban J connectivity index is 1.36. The number of hydrogen-bond donors (Lipinski definition) is 2. The van der Waals surface area contributed by atoms with Crippen LogP contribution in [0.15, 0.2) is 29.3 Å². The van der Waals surface area contributed by atoms with Crippen LogP contribution < -0.4 is 20.1 Å². The van der Waals surface area contributed by atoms with E-state index in [9.17, 15) is 0 Å². The molecule has 4 unspecified atom stereocenters. The van der Waals surface area contributed by atoms with Crippen LogP contribution in [-0.2, 0) is 4.74 Å². The summed E-state index contributed by atoms with van der Waals surface area (Å²) in [5.74, 6) is 3.13. The third-order valence-electron chi connectivity index (χ3n) is 6.56. The molecule has 154 valence electrons. The van der Waals surface area contributed by atoms with Gasteiger partial charge in [0.1, 0.15) is 17.6 Å². The van der Waals surface area contributed by atoms with E-state index >= 15 is 0 Å². The minimum absolute atomic E-state index is 0.0239. The molecule has 2 saturated carbocycles. The van der Waals surface area contributed by atoms with Gasteiger partial charge in [-0.3, -0.25) is 0 Å². The summed E-state index contributed by atoms with van der Waals surface area (Å²) in [5.41, 5.74) is 0.347. The van der Waals surface area contributed by atoms with Gasteiger partial charge in [0.2, 0.25) is 0 Å². The van der Waals surface area contributed by atoms with E-state index in [1.807, 2.05) is 31.2 Å². The fraction of sp³-hybridized carbons (Fsp3) is 0.682. The lowest BCUT2D eigenvalue weighted by Crippen LogP contribution is -2.72. The number of rotatable bonds is 7. The molecule has 2 aliphatic carbocycles. The van der Waals surface area contributed by atoms with Crippen molar-refractivity contribution in [2.24, 2.45) is 16.3 Å². The van der Waals surface area contributed by atoms with Gasteiger partial charge in [-0.25, -0.2) is 4.99 Å². The van der Waals surface area contributed by atoms with E-state index in [1.54, 1.807) is 7.11 Å². The molecule has 1 aromatic carbocycles. The maximum atomic E-state index is 6.03. The molecule has 0 bridgehead atoms. The first-order chi connectivity index (χ1) is 13.7. The van der Waals surface area contributed by atoms with Gasteiger partial charge in [0, 0.05) is 36.6 Å². The summed E-state index contributed by atoms with van der Waals surface area (Å²) in [5, 5.41) is 7.15. The lowest BCUT2D eigenvalue weighted by Gasteiger charge is -2.63. The first-order valence-electron chi connectivity index (χ1n) is 10.6. The van der Waals surface area contributed by atoms with Crippen molar-refractivity contribution < 1.29 is 14.2 Å². The van der Waals surface area contributed by atoms with Crippen molar-refractivity contribution in [3.63, 3.8) is 0 Å². The van der Waals surface area contributed by atoms with Crippen molar-refractivity contribution in [3.05, 3.63) is 24.3 Å². The molecule has 6 nitrogen and oxygen atoms in total. The van der Waals surface area contributed by atoms with Crippen LogP contribution in [-0.4, -0.2) is 51.0 Å². The maximum Gasteiger partial charge on any atom is 0.191 e. The van der Waals surface area contributed by atoms with E-state index < -0.39 is 0 Å². The van der Waals surface area contributed by atoms with Crippen LogP contribution >= 0.6 is 0 Å². The molecule has 1 saturated heterocycles. The number of aliphatic imine (C=N–C) groups is 1. The van der Waals surface area contributed by atoms with E-state index in [1.165, 1.54) is 25.7 Å². The van der Waals surface area contributed by atoms with Crippen molar-refractivity contribution in [1.29, 1.82) is 0 Å². The molecule has 3 aliphatic rings. The lowest BCUT2D eigenvalue weighted by atomic mass is 9.46. The summed E-state index contributed by atoms with van der Waals surface area (Å²) >= 11 is 0. The van der Waals surface area contributed by atoms with Crippen LogP contribution in [0.1, 0.15) is 39.5 Å². The summed E-state index contributed by atoms with van der Waals surface area (Å²) in [4.78, 5) is 4.81. The van der Waals surface area contributed by atoms with E-state index in [2.05, 4.69) is 17.6 Å². The number of benzene rings is 1. The van der Waals surface area contributed by atoms with Crippen LogP contribution in [0.5, 0.6) is 11.5 Å². The van der Waals surface area contributed by atoms with Crippen LogP contribution in [0.25, 0.3) is 0 Å². The molecule has 6 heteroatoms. The summed E-state index contributed by atoms with van der Waals surface area (Å²) in [6.45, 7) is 6.51. The Morgan fingerprint density at radius 2 is 2.18 bits per heavy atom. The van der Waals surface area contributed by atoms with Crippen LogP contribution in [0.2, 0.25) is 0 Å². The average Bonchev–Trinajstić information content (AvgIpc) is 3.08. The van der Waals surface area contributed by atoms with Gasteiger partial charge in [0.15, 0.2) is 5.96 Å². The zero-order valence-corrected chi connectivity index (χ0v) is 17.2. The molecule has 4 atom stereocenters. The highest BCUT2D eigenvalue weighted by Crippen LogP contribution is 2.62. The smallest absolute Gasteiger partial charge is 0.191 e. The summed E-state index contributed by atoms with van der Waals surface area (Å²) < 4.78 is 17.3. The Hall–Kier alpha value is -1.95. The Morgan fingerprint density at radius 3 is 2.89 bits per heavy atom. The largest absolute Gasteiger partial charge is 0.497 e. The monoisotopic (exact) mass is 387 g/mol. The molecule has 4 rings (SSSR count). The Bertz CT molecular complexity index is 704. The highest BCUT2D eigenvalue weighted by molar-refractivity contribution is 5.80. The van der Waals surface area contributed by atoms with E-state index in [0.717, 1.165) is 30.6 Å². The minimum atomic E-state index is -0.0239. The van der Waals surface area contributed by atoms with Crippen molar-refractivity contribution in [3.8, 4) is 11.5 Å². The molecular weight excluding hydrogens is 354 g/mol. The van der Waals surface area contributed by atoms with Crippen LogP contribution in [0.3, 0.4) is 0 Å². The maximum absolute atomic E-state index is 6.03. The first kappa shape index (κ1) is 19.4. The highest BCUT2D eigenvalue weighted by atomic mass is 16.5. The molecule has 0 amide bonds. The average molecular weight is 388 g/mol. The van der Waals surface area contributed by atoms with Gasteiger partial charge >= 0.3 is 0 Å². The van der Waals surface area contributed by atoms with Crippen LogP contribution in [0.4, 0.5) is 0 Å². The molecular formula is C22H33N3O3. The number of guanidine groups is 1. The number of nitrogens with zero attached hydrogens (tertiary/aromatic N) is 1. The van der Waals surface area contributed by atoms with Gasteiger partial charge in [-0.2, -0.15) is 0 Å². The van der Waals surface area contributed by atoms with Crippen molar-refractivity contribution in [2.75, 3.05) is 26.8 Å². The summed E-state index contributed by atoms with van der Waals surface area (Å²) in [6.07, 6.45) is 5.49. The van der Waals surface area contributed by atoms with E-state index in [-0.39, 0.29) is 6.10 Å². The number of ether oxygens (including phenoxy) is 3. The van der Waals surface area contributed by atoms with Gasteiger partial charge in [-0.05, 0) is 45.2 Å².